The molecule has 0 heterocycles. The third-order valence-electron chi connectivity index (χ3n) is 2.83. The van der Waals surface area contributed by atoms with Gasteiger partial charge in [-0.3, -0.25) is 4.79 Å². The molecule has 0 unspecified atom stereocenters. The Morgan fingerprint density at radius 1 is 1.36 bits per heavy atom. The lowest BCUT2D eigenvalue weighted by Gasteiger charge is -2.10. The highest BCUT2D eigenvalue weighted by Crippen LogP contribution is 2.21. The number of nitrogens with zero attached hydrogens (tertiary/aromatic N) is 1. The topological polar surface area (TPSA) is 70.9 Å². The first-order chi connectivity index (χ1) is 10.6. The zero-order chi connectivity index (χ0) is 15.9. The second-order valence-corrected chi connectivity index (χ2v) is 5.07. The maximum atomic E-state index is 11.9. The molecule has 114 valence electrons. The SMILES string of the molecule is Cc1cccc(NC(=O)COc2ccc(Cl)cc2/C=N\O)c1. The number of benzene rings is 2. The number of carbonyl (C=O) groups is 1. The predicted octanol–water partition coefficient (Wildman–Crippen LogP) is 3.47. The van der Waals surface area contributed by atoms with E-state index in [2.05, 4.69) is 10.5 Å². The van der Waals surface area contributed by atoms with E-state index in [-0.39, 0.29) is 12.5 Å². The number of carbonyl (C=O) groups excluding carboxylic acids is 1. The lowest BCUT2D eigenvalue weighted by Crippen LogP contribution is -2.20. The van der Waals surface area contributed by atoms with Crippen LogP contribution >= 0.6 is 11.6 Å². The van der Waals surface area contributed by atoms with Crippen LogP contribution in [0.5, 0.6) is 5.75 Å². The quantitative estimate of drug-likeness (QED) is 0.504. The predicted molar refractivity (Wildman–Crippen MR) is 86.1 cm³/mol. The van der Waals surface area contributed by atoms with Gasteiger partial charge in [0.1, 0.15) is 5.75 Å². The highest BCUT2D eigenvalue weighted by molar-refractivity contribution is 6.30. The van der Waals surface area contributed by atoms with Crippen molar-refractivity contribution in [3.05, 3.63) is 58.6 Å². The van der Waals surface area contributed by atoms with Crippen molar-refractivity contribution < 1.29 is 14.7 Å². The molecule has 5 nitrogen and oxygen atoms in total. The molecule has 2 rings (SSSR count). The molecule has 2 N–H and O–H groups in total. The number of amides is 1. The number of ether oxygens (including phenoxy) is 1. The van der Waals surface area contributed by atoms with Crippen LogP contribution in [0.15, 0.2) is 47.6 Å². The Kier molecular flexibility index (Phi) is 5.38. The zero-order valence-electron chi connectivity index (χ0n) is 11.9. The summed E-state index contributed by atoms with van der Waals surface area (Å²) in [6, 6.07) is 12.3. The van der Waals surface area contributed by atoms with Crippen LogP contribution in [0.2, 0.25) is 5.02 Å². The normalized spacial score (nSPS) is 10.6. The molecule has 0 saturated carbocycles. The minimum absolute atomic E-state index is 0.165. The summed E-state index contributed by atoms with van der Waals surface area (Å²) in [6.07, 6.45) is 1.19. The van der Waals surface area contributed by atoms with Crippen molar-refractivity contribution in [1.29, 1.82) is 0 Å². The molecule has 0 spiro atoms. The molecule has 0 saturated heterocycles. The van der Waals surface area contributed by atoms with E-state index < -0.39 is 0 Å². The molecular weight excluding hydrogens is 304 g/mol. The maximum absolute atomic E-state index is 11.9. The third-order valence-corrected chi connectivity index (χ3v) is 3.06. The summed E-state index contributed by atoms with van der Waals surface area (Å²) in [4.78, 5) is 11.9. The van der Waals surface area contributed by atoms with Crippen LogP contribution in [-0.4, -0.2) is 23.9 Å². The van der Waals surface area contributed by atoms with Gasteiger partial charge in [0.2, 0.25) is 0 Å². The summed E-state index contributed by atoms with van der Waals surface area (Å²) < 4.78 is 5.44. The molecule has 0 aliphatic heterocycles. The van der Waals surface area contributed by atoms with Crippen molar-refractivity contribution in [2.75, 3.05) is 11.9 Å². The standard InChI is InChI=1S/C16H15ClN2O3/c1-11-3-2-4-14(7-11)19-16(20)10-22-15-6-5-13(17)8-12(15)9-18-21/h2-9,21H,10H2,1H3,(H,19,20)/b18-9-. The summed E-state index contributed by atoms with van der Waals surface area (Å²) in [5.41, 5.74) is 2.25. The number of rotatable bonds is 5. The fourth-order valence-electron chi connectivity index (χ4n) is 1.88. The third kappa shape index (κ3) is 4.49. The van der Waals surface area contributed by atoms with Gasteiger partial charge in [0, 0.05) is 16.3 Å². The van der Waals surface area contributed by atoms with Crippen molar-refractivity contribution in [2.24, 2.45) is 5.16 Å². The smallest absolute Gasteiger partial charge is 0.262 e. The summed E-state index contributed by atoms with van der Waals surface area (Å²) in [6.45, 7) is 1.78. The zero-order valence-corrected chi connectivity index (χ0v) is 12.7. The molecular formula is C16H15ClN2O3. The van der Waals surface area contributed by atoms with Gasteiger partial charge in [0.05, 0.1) is 6.21 Å². The van der Waals surface area contributed by atoms with Crippen LogP contribution in [0.3, 0.4) is 0 Å². The van der Waals surface area contributed by atoms with Gasteiger partial charge in [0.25, 0.3) is 5.91 Å². The molecule has 2 aromatic carbocycles. The first-order valence-electron chi connectivity index (χ1n) is 6.55. The number of anilines is 1. The van der Waals surface area contributed by atoms with Crippen LogP contribution in [0.4, 0.5) is 5.69 Å². The first-order valence-corrected chi connectivity index (χ1v) is 6.92. The average Bonchev–Trinajstić information content (AvgIpc) is 2.47. The first kappa shape index (κ1) is 15.9. The molecule has 0 bridgehead atoms. The minimum Gasteiger partial charge on any atom is -0.483 e. The Labute approximate surface area is 133 Å². The van der Waals surface area contributed by atoms with Gasteiger partial charge in [-0.1, -0.05) is 28.9 Å². The fourth-order valence-corrected chi connectivity index (χ4v) is 2.06. The van der Waals surface area contributed by atoms with E-state index in [9.17, 15) is 4.79 Å². The van der Waals surface area contributed by atoms with Gasteiger partial charge >= 0.3 is 0 Å². The van der Waals surface area contributed by atoms with E-state index in [1.165, 1.54) is 6.21 Å². The average molecular weight is 319 g/mol. The molecule has 0 atom stereocenters. The van der Waals surface area contributed by atoms with Gasteiger partial charge in [-0.2, -0.15) is 0 Å². The Hall–Kier alpha value is -2.53. The van der Waals surface area contributed by atoms with Crippen LogP contribution in [0.25, 0.3) is 0 Å². The van der Waals surface area contributed by atoms with E-state index in [1.807, 2.05) is 25.1 Å². The van der Waals surface area contributed by atoms with Gasteiger partial charge in [0.15, 0.2) is 6.61 Å². The molecule has 0 radical (unpaired) electrons. The minimum atomic E-state index is -0.285. The summed E-state index contributed by atoms with van der Waals surface area (Å²) >= 11 is 5.86. The maximum Gasteiger partial charge on any atom is 0.262 e. The van der Waals surface area contributed by atoms with E-state index in [4.69, 9.17) is 21.5 Å². The Bertz CT molecular complexity index is 702. The van der Waals surface area contributed by atoms with Gasteiger partial charge < -0.3 is 15.3 Å². The Morgan fingerprint density at radius 3 is 2.91 bits per heavy atom. The van der Waals surface area contributed by atoms with Gasteiger partial charge in [-0.15, -0.1) is 0 Å². The Balaban J connectivity index is 1.99. The van der Waals surface area contributed by atoms with Crippen molar-refractivity contribution in [3.8, 4) is 5.75 Å². The van der Waals surface area contributed by atoms with Crippen LogP contribution < -0.4 is 10.1 Å². The van der Waals surface area contributed by atoms with Gasteiger partial charge in [-0.25, -0.2) is 0 Å². The number of halogens is 1. The number of aryl methyl sites for hydroxylation is 1. The molecule has 22 heavy (non-hydrogen) atoms. The molecule has 1 amide bonds. The highest BCUT2D eigenvalue weighted by Gasteiger charge is 2.07. The number of hydrogen-bond donors (Lipinski definition) is 2. The number of oxime groups is 1. The van der Waals surface area contributed by atoms with E-state index in [0.29, 0.717) is 22.0 Å². The Morgan fingerprint density at radius 2 is 2.18 bits per heavy atom. The van der Waals surface area contributed by atoms with E-state index >= 15 is 0 Å². The van der Waals surface area contributed by atoms with Crippen molar-refractivity contribution in [3.63, 3.8) is 0 Å². The molecule has 6 heteroatoms. The van der Waals surface area contributed by atoms with Crippen LogP contribution in [-0.2, 0) is 4.79 Å². The number of hydrogen-bond acceptors (Lipinski definition) is 4. The van der Waals surface area contributed by atoms with Crippen molar-refractivity contribution in [2.45, 2.75) is 6.92 Å². The summed E-state index contributed by atoms with van der Waals surface area (Å²) in [5.74, 6) is 0.119. The van der Waals surface area contributed by atoms with Gasteiger partial charge in [-0.05, 0) is 42.8 Å². The fraction of sp³-hybridized carbons (Fsp3) is 0.125. The second kappa shape index (κ2) is 7.47. The van der Waals surface area contributed by atoms with Crippen LogP contribution in [0.1, 0.15) is 11.1 Å². The van der Waals surface area contributed by atoms with Crippen LogP contribution in [0, 0.1) is 6.92 Å². The number of nitrogens with one attached hydrogen (secondary N) is 1. The summed E-state index contributed by atoms with van der Waals surface area (Å²) in [5, 5.41) is 14.8. The molecule has 0 aromatic heterocycles. The molecule has 0 aliphatic carbocycles. The largest absolute Gasteiger partial charge is 0.483 e. The molecule has 2 aromatic rings. The summed E-state index contributed by atoms with van der Waals surface area (Å²) in [7, 11) is 0. The van der Waals surface area contributed by atoms with Crippen molar-refractivity contribution in [1.82, 2.24) is 0 Å². The van der Waals surface area contributed by atoms with Crippen molar-refractivity contribution >= 4 is 29.4 Å². The second-order valence-electron chi connectivity index (χ2n) is 4.63. The van der Waals surface area contributed by atoms with E-state index in [1.54, 1.807) is 24.3 Å². The van der Waals surface area contributed by atoms with E-state index in [0.717, 1.165) is 5.56 Å². The molecule has 0 aliphatic rings. The lowest BCUT2D eigenvalue weighted by molar-refractivity contribution is -0.118. The lowest BCUT2D eigenvalue weighted by atomic mass is 10.2. The highest BCUT2D eigenvalue weighted by atomic mass is 35.5. The monoisotopic (exact) mass is 318 g/mol. The molecule has 0 fully saturated rings.